The number of urea groups is 2. The molecule has 1 aliphatic rings. The minimum atomic E-state index is -0.132. The van der Waals surface area contributed by atoms with E-state index in [0.717, 1.165) is 25.9 Å². The Morgan fingerprint density at radius 2 is 2.19 bits per heavy atom. The molecule has 0 saturated carbocycles. The van der Waals surface area contributed by atoms with Crippen LogP contribution in [0.1, 0.15) is 19.8 Å². The Labute approximate surface area is 95.8 Å². The number of amides is 4. The fourth-order valence-corrected chi connectivity index (χ4v) is 1.50. The highest BCUT2D eigenvalue weighted by Gasteiger charge is 2.18. The number of nitrogens with zero attached hydrogens (tertiary/aromatic N) is 1. The van der Waals surface area contributed by atoms with Gasteiger partial charge in [0, 0.05) is 32.7 Å². The first-order valence-electron chi connectivity index (χ1n) is 5.78. The second kappa shape index (κ2) is 6.92. The predicted molar refractivity (Wildman–Crippen MR) is 61.3 cm³/mol. The van der Waals surface area contributed by atoms with E-state index in [0.29, 0.717) is 19.6 Å². The van der Waals surface area contributed by atoms with Gasteiger partial charge in [-0.2, -0.15) is 0 Å². The number of nitrogens with one attached hydrogen (secondary N) is 3. The van der Waals surface area contributed by atoms with Crippen molar-refractivity contribution in [1.82, 2.24) is 20.9 Å². The van der Waals surface area contributed by atoms with Crippen molar-refractivity contribution in [3.05, 3.63) is 0 Å². The number of carbonyl (C=O) groups excluding carboxylic acids is 2. The Bertz CT molecular complexity index is 245. The van der Waals surface area contributed by atoms with Crippen molar-refractivity contribution in [3.8, 4) is 0 Å². The Hall–Kier alpha value is -1.46. The van der Waals surface area contributed by atoms with Crippen LogP contribution in [0.2, 0.25) is 0 Å². The van der Waals surface area contributed by atoms with Crippen molar-refractivity contribution in [2.75, 3.05) is 32.7 Å². The summed E-state index contributed by atoms with van der Waals surface area (Å²) in [6.45, 7) is 5.48. The lowest BCUT2D eigenvalue weighted by Crippen LogP contribution is -2.38. The monoisotopic (exact) mass is 228 g/mol. The molecule has 0 atom stereocenters. The molecule has 0 aromatic rings. The first-order chi connectivity index (χ1) is 7.74. The summed E-state index contributed by atoms with van der Waals surface area (Å²) < 4.78 is 0. The summed E-state index contributed by atoms with van der Waals surface area (Å²) in [5.41, 5.74) is 0. The van der Waals surface area contributed by atoms with Crippen LogP contribution in [0.5, 0.6) is 0 Å². The molecule has 0 bridgehead atoms. The Morgan fingerprint density at radius 1 is 1.44 bits per heavy atom. The molecule has 92 valence electrons. The minimum Gasteiger partial charge on any atom is -0.338 e. The van der Waals surface area contributed by atoms with Crippen LogP contribution in [-0.4, -0.2) is 49.7 Å². The van der Waals surface area contributed by atoms with Gasteiger partial charge in [0.25, 0.3) is 0 Å². The minimum absolute atomic E-state index is 0.00423. The molecule has 1 saturated heterocycles. The maximum absolute atomic E-state index is 11.2. The molecule has 3 N–H and O–H groups in total. The molecule has 6 nitrogen and oxygen atoms in total. The summed E-state index contributed by atoms with van der Waals surface area (Å²) in [5, 5.41) is 8.21. The van der Waals surface area contributed by atoms with Crippen LogP contribution in [0.15, 0.2) is 0 Å². The van der Waals surface area contributed by atoms with Crippen LogP contribution >= 0.6 is 0 Å². The largest absolute Gasteiger partial charge is 0.338 e. The average molecular weight is 228 g/mol. The summed E-state index contributed by atoms with van der Waals surface area (Å²) in [7, 11) is 0. The summed E-state index contributed by atoms with van der Waals surface area (Å²) in [6.07, 6.45) is 1.72. The first kappa shape index (κ1) is 12.6. The lowest BCUT2D eigenvalue weighted by atomic mass is 10.4. The van der Waals surface area contributed by atoms with E-state index in [1.807, 2.05) is 6.92 Å². The van der Waals surface area contributed by atoms with Crippen LogP contribution in [0.4, 0.5) is 9.59 Å². The van der Waals surface area contributed by atoms with E-state index in [1.54, 1.807) is 4.90 Å². The molecule has 0 aliphatic carbocycles. The van der Waals surface area contributed by atoms with Gasteiger partial charge >= 0.3 is 12.1 Å². The third-order valence-corrected chi connectivity index (χ3v) is 2.37. The Morgan fingerprint density at radius 3 is 2.81 bits per heavy atom. The lowest BCUT2D eigenvalue weighted by Gasteiger charge is -2.13. The summed E-state index contributed by atoms with van der Waals surface area (Å²) in [4.78, 5) is 24.1. The molecule has 0 spiro atoms. The fraction of sp³-hybridized carbons (Fsp3) is 0.800. The molecule has 4 amide bonds. The number of carbonyl (C=O) groups is 2. The van der Waals surface area contributed by atoms with E-state index in [2.05, 4.69) is 16.0 Å². The zero-order chi connectivity index (χ0) is 11.8. The van der Waals surface area contributed by atoms with Gasteiger partial charge in [-0.1, -0.05) is 6.92 Å². The molecule has 0 aromatic carbocycles. The lowest BCUT2D eigenvalue weighted by molar-refractivity contribution is 0.216. The number of rotatable bonds is 6. The third kappa shape index (κ3) is 4.37. The van der Waals surface area contributed by atoms with Gasteiger partial charge < -0.3 is 20.9 Å². The Kier molecular flexibility index (Phi) is 5.45. The molecule has 16 heavy (non-hydrogen) atoms. The molecular formula is C10H20N4O2. The van der Waals surface area contributed by atoms with Gasteiger partial charge in [-0.3, -0.25) is 0 Å². The van der Waals surface area contributed by atoms with Crippen LogP contribution in [0.3, 0.4) is 0 Å². The van der Waals surface area contributed by atoms with Gasteiger partial charge in [0.2, 0.25) is 0 Å². The van der Waals surface area contributed by atoms with Crippen LogP contribution in [-0.2, 0) is 0 Å². The van der Waals surface area contributed by atoms with Gasteiger partial charge in [0.1, 0.15) is 0 Å². The van der Waals surface area contributed by atoms with E-state index in [-0.39, 0.29) is 12.1 Å². The van der Waals surface area contributed by atoms with Crippen molar-refractivity contribution >= 4 is 12.1 Å². The van der Waals surface area contributed by atoms with Gasteiger partial charge in [-0.05, 0) is 12.8 Å². The third-order valence-electron chi connectivity index (χ3n) is 2.37. The van der Waals surface area contributed by atoms with E-state index >= 15 is 0 Å². The first-order valence-corrected chi connectivity index (χ1v) is 5.78. The molecule has 1 aliphatic heterocycles. The molecule has 0 radical (unpaired) electrons. The standard InChI is InChI=1S/C10H20N4O2/c1-2-4-11-9(15)12-5-3-7-14-8-6-13-10(14)16/h2-8H2,1H3,(H,13,16)(H2,11,12,15). The van der Waals surface area contributed by atoms with Gasteiger partial charge in [-0.25, -0.2) is 9.59 Å². The predicted octanol–water partition coefficient (Wildman–Crippen LogP) is 0.111. The second-order valence-electron chi connectivity index (χ2n) is 3.76. The van der Waals surface area contributed by atoms with E-state index in [9.17, 15) is 9.59 Å². The molecule has 1 heterocycles. The fourth-order valence-electron chi connectivity index (χ4n) is 1.50. The highest BCUT2D eigenvalue weighted by atomic mass is 16.2. The highest BCUT2D eigenvalue weighted by molar-refractivity contribution is 5.76. The van der Waals surface area contributed by atoms with Crippen molar-refractivity contribution in [2.24, 2.45) is 0 Å². The SMILES string of the molecule is CCCNC(=O)NCCCN1CCNC1=O. The highest BCUT2D eigenvalue weighted by Crippen LogP contribution is 1.97. The number of hydrogen-bond acceptors (Lipinski definition) is 2. The van der Waals surface area contributed by atoms with Crippen molar-refractivity contribution in [1.29, 1.82) is 0 Å². The van der Waals surface area contributed by atoms with Crippen LogP contribution in [0, 0.1) is 0 Å². The van der Waals surface area contributed by atoms with Crippen LogP contribution < -0.4 is 16.0 Å². The maximum atomic E-state index is 11.2. The molecule has 6 heteroatoms. The summed E-state index contributed by atoms with van der Waals surface area (Å²) in [5.74, 6) is 0. The van der Waals surface area contributed by atoms with Crippen molar-refractivity contribution in [3.63, 3.8) is 0 Å². The van der Waals surface area contributed by atoms with E-state index in [4.69, 9.17) is 0 Å². The second-order valence-corrected chi connectivity index (χ2v) is 3.76. The van der Waals surface area contributed by atoms with E-state index in [1.165, 1.54) is 0 Å². The zero-order valence-corrected chi connectivity index (χ0v) is 9.71. The summed E-state index contributed by atoms with van der Waals surface area (Å²) in [6, 6.07) is -0.136. The average Bonchev–Trinajstić information content (AvgIpc) is 2.67. The molecule has 0 aromatic heterocycles. The van der Waals surface area contributed by atoms with Crippen LogP contribution in [0.25, 0.3) is 0 Å². The molecular weight excluding hydrogens is 208 g/mol. The molecule has 0 unspecified atom stereocenters. The molecule has 1 fully saturated rings. The quantitative estimate of drug-likeness (QED) is 0.565. The molecule has 1 rings (SSSR count). The smallest absolute Gasteiger partial charge is 0.317 e. The van der Waals surface area contributed by atoms with Gasteiger partial charge in [0.05, 0.1) is 0 Å². The topological polar surface area (TPSA) is 73.5 Å². The zero-order valence-electron chi connectivity index (χ0n) is 9.71. The number of hydrogen-bond donors (Lipinski definition) is 3. The van der Waals surface area contributed by atoms with Crippen molar-refractivity contribution < 1.29 is 9.59 Å². The van der Waals surface area contributed by atoms with Gasteiger partial charge in [-0.15, -0.1) is 0 Å². The Balaban J connectivity index is 1.99. The van der Waals surface area contributed by atoms with Gasteiger partial charge in [0.15, 0.2) is 0 Å². The maximum Gasteiger partial charge on any atom is 0.317 e. The summed E-state index contributed by atoms with van der Waals surface area (Å²) >= 11 is 0. The van der Waals surface area contributed by atoms with Crippen molar-refractivity contribution in [2.45, 2.75) is 19.8 Å². The van der Waals surface area contributed by atoms with E-state index < -0.39 is 0 Å². The normalized spacial score (nSPS) is 14.8.